The first kappa shape index (κ1) is 15.1. The molecule has 1 aromatic heterocycles. The maximum atomic E-state index is 4.18. The van der Waals surface area contributed by atoms with Gasteiger partial charge in [0.15, 0.2) is 0 Å². The normalized spacial score (nSPS) is 29.1. The van der Waals surface area contributed by atoms with Crippen LogP contribution in [0.5, 0.6) is 0 Å². The first-order chi connectivity index (χ1) is 9.22. The number of hydrogen-bond donors (Lipinski definition) is 1. The Hall–Kier alpha value is -0.260. The summed E-state index contributed by atoms with van der Waals surface area (Å²) >= 11 is 4.20. The zero-order chi connectivity index (χ0) is 13.7. The third kappa shape index (κ3) is 4.10. The topological polar surface area (TPSA) is 37.8 Å². The van der Waals surface area contributed by atoms with Gasteiger partial charge >= 0.3 is 0 Å². The predicted molar refractivity (Wildman–Crippen MR) is 85.8 cm³/mol. The molecule has 2 rings (SSSR count). The average Bonchev–Trinajstić information content (AvgIpc) is 2.44. The lowest BCUT2D eigenvalue weighted by atomic mass is 10.1. The van der Waals surface area contributed by atoms with Gasteiger partial charge in [0.25, 0.3) is 0 Å². The second kappa shape index (κ2) is 7.50. The van der Waals surface area contributed by atoms with Gasteiger partial charge in [0.05, 0.1) is 0 Å². The molecule has 4 atom stereocenters. The van der Waals surface area contributed by atoms with Crippen molar-refractivity contribution in [2.75, 3.05) is 12.3 Å². The van der Waals surface area contributed by atoms with Crippen LogP contribution in [0.3, 0.4) is 0 Å². The fourth-order valence-electron chi connectivity index (χ4n) is 2.22. The van der Waals surface area contributed by atoms with E-state index in [0.717, 1.165) is 18.2 Å². The van der Waals surface area contributed by atoms with E-state index in [1.54, 1.807) is 6.33 Å². The van der Waals surface area contributed by atoms with Crippen LogP contribution >= 0.6 is 23.5 Å². The van der Waals surface area contributed by atoms with Crippen LogP contribution in [0.15, 0.2) is 18.7 Å². The molecular weight excluding hydrogens is 274 g/mol. The van der Waals surface area contributed by atoms with Crippen molar-refractivity contribution >= 4 is 23.5 Å². The third-order valence-corrected chi connectivity index (χ3v) is 6.99. The van der Waals surface area contributed by atoms with Gasteiger partial charge in [-0.15, -0.1) is 0 Å². The van der Waals surface area contributed by atoms with Crippen LogP contribution in [0.1, 0.15) is 38.8 Å². The number of nitrogens with one attached hydrogen (secondary N) is 1. The summed E-state index contributed by atoms with van der Waals surface area (Å²) in [6.07, 6.45) is 6.66. The van der Waals surface area contributed by atoms with E-state index in [1.165, 1.54) is 11.3 Å². The fourth-order valence-corrected chi connectivity index (χ4v) is 5.34. The highest BCUT2D eigenvalue weighted by atomic mass is 32.2. The molecule has 0 radical (unpaired) electrons. The van der Waals surface area contributed by atoms with Gasteiger partial charge in [-0.05, 0) is 13.0 Å². The maximum absolute atomic E-state index is 4.18. The van der Waals surface area contributed by atoms with E-state index >= 15 is 0 Å². The van der Waals surface area contributed by atoms with Crippen molar-refractivity contribution in [3.63, 3.8) is 0 Å². The van der Waals surface area contributed by atoms with Crippen LogP contribution < -0.4 is 5.32 Å². The summed E-state index contributed by atoms with van der Waals surface area (Å²) in [7, 11) is 0. The lowest BCUT2D eigenvalue weighted by Gasteiger charge is -2.36. The Balaban J connectivity index is 2.09. The number of aromatic nitrogens is 2. The number of rotatable bonds is 5. The lowest BCUT2D eigenvalue weighted by Crippen LogP contribution is -2.37. The van der Waals surface area contributed by atoms with Gasteiger partial charge in [-0.2, -0.15) is 23.5 Å². The van der Waals surface area contributed by atoms with Crippen LogP contribution in [-0.4, -0.2) is 38.0 Å². The maximum Gasteiger partial charge on any atom is 0.115 e. The largest absolute Gasteiger partial charge is 0.309 e. The monoisotopic (exact) mass is 297 g/mol. The summed E-state index contributed by atoms with van der Waals surface area (Å²) in [5.41, 5.74) is 1.22. The number of thioether (sulfide) groups is 2. The van der Waals surface area contributed by atoms with Crippen molar-refractivity contribution in [2.45, 2.75) is 49.0 Å². The van der Waals surface area contributed by atoms with Gasteiger partial charge in [0.1, 0.15) is 6.33 Å². The highest BCUT2D eigenvalue weighted by Gasteiger charge is 2.32. The molecule has 5 heteroatoms. The molecule has 0 aliphatic carbocycles. The van der Waals surface area contributed by atoms with Crippen molar-refractivity contribution in [3.8, 4) is 0 Å². The molecule has 1 fully saturated rings. The number of hydrogen-bond acceptors (Lipinski definition) is 5. The van der Waals surface area contributed by atoms with E-state index in [0.29, 0.717) is 16.5 Å². The second-order valence-corrected chi connectivity index (χ2v) is 8.05. The van der Waals surface area contributed by atoms with Crippen LogP contribution in [0, 0.1) is 0 Å². The SMILES string of the molecule is CCCNC(c1cncnc1)C1CSC(C)C(C)S1. The van der Waals surface area contributed by atoms with Gasteiger partial charge in [-0.1, -0.05) is 20.8 Å². The summed E-state index contributed by atoms with van der Waals surface area (Å²) in [5.74, 6) is 1.20. The van der Waals surface area contributed by atoms with Crippen molar-refractivity contribution in [3.05, 3.63) is 24.3 Å². The van der Waals surface area contributed by atoms with E-state index < -0.39 is 0 Å². The summed E-state index contributed by atoms with van der Waals surface area (Å²) in [6, 6.07) is 0.369. The minimum Gasteiger partial charge on any atom is -0.309 e. The van der Waals surface area contributed by atoms with Gasteiger partial charge in [0, 0.05) is 45.5 Å². The lowest BCUT2D eigenvalue weighted by molar-refractivity contribution is 0.525. The highest BCUT2D eigenvalue weighted by Crippen LogP contribution is 2.40. The Kier molecular flexibility index (Phi) is 5.98. The number of nitrogens with zero attached hydrogens (tertiary/aromatic N) is 2. The molecule has 1 saturated heterocycles. The Morgan fingerprint density at radius 1 is 1.32 bits per heavy atom. The van der Waals surface area contributed by atoms with E-state index in [4.69, 9.17) is 0 Å². The molecule has 2 heterocycles. The predicted octanol–water partition coefficient (Wildman–Crippen LogP) is 3.14. The van der Waals surface area contributed by atoms with E-state index in [-0.39, 0.29) is 0 Å². The van der Waals surface area contributed by atoms with Crippen LogP contribution in [0.2, 0.25) is 0 Å². The molecule has 1 aliphatic rings. The quantitative estimate of drug-likeness (QED) is 0.904. The molecule has 1 aromatic rings. The molecule has 0 saturated carbocycles. The molecule has 19 heavy (non-hydrogen) atoms. The zero-order valence-corrected chi connectivity index (χ0v) is 13.5. The molecule has 3 nitrogen and oxygen atoms in total. The Morgan fingerprint density at radius 3 is 2.68 bits per heavy atom. The molecular formula is C14H23N3S2. The van der Waals surface area contributed by atoms with E-state index in [1.807, 2.05) is 12.4 Å². The Labute approximate surface area is 124 Å². The minimum absolute atomic E-state index is 0.369. The van der Waals surface area contributed by atoms with Crippen molar-refractivity contribution < 1.29 is 0 Å². The summed E-state index contributed by atoms with van der Waals surface area (Å²) in [5, 5.41) is 5.74. The zero-order valence-electron chi connectivity index (χ0n) is 11.9. The Morgan fingerprint density at radius 2 is 2.05 bits per heavy atom. The van der Waals surface area contributed by atoms with Gasteiger partial charge < -0.3 is 5.32 Å². The van der Waals surface area contributed by atoms with Crippen LogP contribution in [-0.2, 0) is 0 Å². The highest BCUT2D eigenvalue weighted by molar-refractivity contribution is 8.07. The second-order valence-electron chi connectivity index (χ2n) is 5.02. The third-order valence-electron chi connectivity index (χ3n) is 3.50. The van der Waals surface area contributed by atoms with Gasteiger partial charge in [-0.25, -0.2) is 9.97 Å². The smallest absolute Gasteiger partial charge is 0.115 e. The van der Waals surface area contributed by atoms with Crippen LogP contribution in [0.4, 0.5) is 0 Å². The molecule has 0 spiro atoms. The minimum atomic E-state index is 0.369. The van der Waals surface area contributed by atoms with E-state index in [2.05, 4.69) is 59.6 Å². The molecule has 106 valence electrons. The van der Waals surface area contributed by atoms with Gasteiger partial charge in [0.2, 0.25) is 0 Å². The average molecular weight is 297 g/mol. The fraction of sp³-hybridized carbons (Fsp3) is 0.714. The van der Waals surface area contributed by atoms with Crippen LogP contribution in [0.25, 0.3) is 0 Å². The first-order valence-corrected chi connectivity index (χ1v) is 8.97. The molecule has 1 aliphatic heterocycles. The summed E-state index contributed by atoms with van der Waals surface area (Å²) in [4.78, 5) is 8.35. The summed E-state index contributed by atoms with van der Waals surface area (Å²) < 4.78 is 0. The molecule has 1 N–H and O–H groups in total. The molecule has 0 aromatic carbocycles. The molecule has 4 unspecified atom stereocenters. The van der Waals surface area contributed by atoms with Gasteiger partial charge in [-0.3, -0.25) is 0 Å². The Bertz CT molecular complexity index is 374. The molecule has 0 bridgehead atoms. The van der Waals surface area contributed by atoms with Crippen molar-refractivity contribution in [1.82, 2.24) is 15.3 Å². The van der Waals surface area contributed by atoms with E-state index in [9.17, 15) is 0 Å². The first-order valence-electron chi connectivity index (χ1n) is 6.97. The molecule has 0 amide bonds. The van der Waals surface area contributed by atoms with Crippen molar-refractivity contribution in [2.24, 2.45) is 0 Å². The summed E-state index contributed by atoms with van der Waals surface area (Å²) in [6.45, 7) is 7.93. The van der Waals surface area contributed by atoms with Crippen molar-refractivity contribution in [1.29, 1.82) is 0 Å². The standard InChI is InChI=1S/C14H23N3S2/c1-4-5-17-14(12-6-15-9-16-7-12)13-8-18-10(2)11(3)19-13/h6-7,9-11,13-14,17H,4-5,8H2,1-3H3.